The molecule has 0 heterocycles. The van der Waals surface area contributed by atoms with Crippen LogP contribution in [0.25, 0.3) is 0 Å². The van der Waals surface area contributed by atoms with Gasteiger partial charge in [-0.05, 0) is 42.7 Å². The molecule has 1 fully saturated rings. The van der Waals surface area contributed by atoms with Crippen molar-refractivity contribution in [3.05, 3.63) is 64.7 Å². The zero-order valence-corrected chi connectivity index (χ0v) is 15.1. The number of nitrogens with zero attached hydrogens (tertiary/aromatic N) is 1. The minimum Gasteiger partial charge on any atom is -0.341 e. The lowest BCUT2D eigenvalue weighted by atomic mass is 10.2. The molecule has 1 N–H and O–H groups in total. The number of aryl methyl sites for hydroxylation is 1. The molecule has 2 aromatic rings. The standard InChI is InChI=1S/C20H21ClN2O2/c1-13-10-15(21)8-9-18(13)22-19(24)16-11-17(16)20(25)23(2)12-14-6-4-3-5-7-14/h3-10,16-17H,11-12H2,1-2H3,(H,22,24). The molecular weight excluding hydrogens is 336 g/mol. The molecule has 2 amide bonds. The van der Waals surface area contributed by atoms with Gasteiger partial charge in [0.1, 0.15) is 0 Å². The van der Waals surface area contributed by atoms with Crippen molar-refractivity contribution in [1.29, 1.82) is 0 Å². The molecule has 5 heteroatoms. The van der Waals surface area contributed by atoms with Gasteiger partial charge in [-0.2, -0.15) is 0 Å². The van der Waals surface area contributed by atoms with Crippen molar-refractivity contribution in [2.24, 2.45) is 11.8 Å². The molecule has 0 aliphatic heterocycles. The lowest BCUT2D eigenvalue weighted by molar-refractivity contribution is -0.133. The van der Waals surface area contributed by atoms with Gasteiger partial charge in [-0.3, -0.25) is 9.59 Å². The highest BCUT2D eigenvalue weighted by molar-refractivity contribution is 6.30. The molecule has 2 unspecified atom stereocenters. The van der Waals surface area contributed by atoms with Crippen molar-refractivity contribution in [2.45, 2.75) is 19.9 Å². The van der Waals surface area contributed by atoms with Crippen LogP contribution in [0.1, 0.15) is 17.5 Å². The molecule has 1 saturated carbocycles. The van der Waals surface area contributed by atoms with E-state index in [-0.39, 0.29) is 23.7 Å². The van der Waals surface area contributed by atoms with Gasteiger partial charge in [-0.1, -0.05) is 41.9 Å². The Morgan fingerprint density at radius 2 is 1.88 bits per heavy atom. The van der Waals surface area contributed by atoms with E-state index in [0.29, 0.717) is 18.0 Å². The first-order chi connectivity index (χ1) is 12.0. The topological polar surface area (TPSA) is 49.4 Å². The van der Waals surface area contributed by atoms with Gasteiger partial charge in [-0.25, -0.2) is 0 Å². The molecular formula is C20H21ClN2O2. The third-order valence-electron chi connectivity index (χ3n) is 4.53. The SMILES string of the molecule is Cc1cc(Cl)ccc1NC(=O)C1CC1C(=O)N(C)Cc1ccccc1. The van der Waals surface area contributed by atoms with E-state index in [2.05, 4.69) is 5.32 Å². The van der Waals surface area contributed by atoms with Crippen LogP contribution in [0.3, 0.4) is 0 Å². The first kappa shape index (κ1) is 17.5. The number of hydrogen-bond acceptors (Lipinski definition) is 2. The van der Waals surface area contributed by atoms with E-state index in [9.17, 15) is 9.59 Å². The summed E-state index contributed by atoms with van der Waals surface area (Å²) in [5.74, 6) is -0.546. The number of anilines is 1. The summed E-state index contributed by atoms with van der Waals surface area (Å²) in [6.45, 7) is 2.45. The second-order valence-electron chi connectivity index (χ2n) is 6.58. The molecule has 2 atom stereocenters. The predicted molar refractivity (Wildman–Crippen MR) is 99.3 cm³/mol. The third-order valence-corrected chi connectivity index (χ3v) is 4.76. The first-order valence-corrected chi connectivity index (χ1v) is 8.69. The van der Waals surface area contributed by atoms with Gasteiger partial charge >= 0.3 is 0 Å². The van der Waals surface area contributed by atoms with E-state index in [1.54, 1.807) is 30.1 Å². The summed E-state index contributed by atoms with van der Waals surface area (Å²) in [6.07, 6.45) is 0.608. The molecule has 1 aliphatic rings. The Balaban J connectivity index is 1.56. The van der Waals surface area contributed by atoms with E-state index < -0.39 is 0 Å². The van der Waals surface area contributed by atoms with Gasteiger partial charge in [0.2, 0.25) is 11.8 Å². The lowest BCUT2D eigenvalue weighted by Crippen LogP contribution is -2.29. The Labute approximate surface area is 152 Å². The third kappa shape index (κ3) is 4.20. The van der Waals surface area contributed by atoms with Crippen molar-refractivity contribution in [2.75, 3.05) is 12.4 Å². The quantitative estimate of drug-likeness (QED) is 0.883. The maximum atomic E-state index is 12.5. The van der Waals surface area contributed by atoms with Crippen LogP contribution in [0.4, 0.5) is 5.69 Å². The van der Waals surface area contributed by atoms with E-state index in [4.69, 9.17) is 11.6 Å². The highest BCUT2D eigenvalue weighted by Gasteiger charge is 2.49. The Morgan fingerprint density at radius 3 is 2.56 bits per heavy atom. The minimum absolute atomic E-state index is 0.0248. The summed E-state index contributed by atoms with van der Waals surface area (Å²) in [7, 11) is 1.78. The number of rotatable bonds is 5. The molecule has 25 heavy (non-hydrogen) atoms. The summed E-state index contributed by atoms with van der Waals surface area (Å²) in [5, 5.41) is 3.54. The van der Waals surface area contributed by atoms with E-state index in [0.717, 1.165) is 16.8 Å². The number of hydrogen-bond donors (Lipinski definition) is 1. The number of halogens is 1. The van der Waals surface area contributed by atoms with Crippen LogP contribution in [0, 0.1) is 18.8 Å². The van der Waals surface area contributed by atoms with Gasteiger partial charge in [0.05, 0.1) is 11.8 Å². The first-order valence-electron chi connectivity index (χ1n) is 8.31. The summed E-state index contributed by atoms with van der Waals surface area (Å²) in [6, 6.07) is 15.2. The maximum Gasteiger partial charge on any atom is 0.228 e. The number of carbonyl (C=O) groups is 2. The Bertz CT molecular complexity index is 792. The molecule has 0 spiro atoms. The van der Waals surface area contributed by atoms with Gasteiger partial charge in [0.25, 0.3) is 0 Å². The van der Waals surface area contributed by atoms with E-state index in [1.807, 2.05) is 37.3 Å². The van der Waals surface area contributed by atoms with Crippen LogP contribution < -0.4 is 5.32 Å². The Kier molecular flexibility index (Phi) is 5.09. The fraction of sp³-hybridized carbons (Fsp3) is 0.300. The van der Waals surface area contributed by atoms with Crippen molar-refractivity contribution >= 4 is 29.1 Å². The van der Waals surface area contributed by atoms with Crippen molar-refractivity contribution in [1.82, 2.24) is 4.90 Å². The molecule has 1 aliphatic carbocycles. The minimum atomic E-state index is -0.249. The molecule has 0 radical (unpaired) electrons. The van der Waals surface area contributed by atoms with Gasteiger partial charge in [0, 0.05) is 24.3 Å². The summed E-state index contributed by atoms with van der Waals surface area (Å²) in [4.78, 5) is 26.6. The molecule has 2 aromatic carbocycles. The van der Waals surface area contributed by atoms with Gasteiger partial charge < -0.3 is 10.2 Å². The smallest absolute Gasteiger partial charge is 0.228 e. The summed E-state index contributed by atoms with van der Waals surface area (Å²) in [5.41, 5.74) is 2.73. The van der Waals surface area contributed by atoms with Gasteiger partial charge in [-0.15, -0.1) is 0 Å². The second-order valence-corrected chi connectivity index (χ2v) is 7.01. The van der Waals surface area contributed by atoms with Crippen molar-refractivity contribution < 1.29 is 9.59 Å². The van der Waals surface area contributed by atoms with Crippen LogP contribution in [-0.2, 0) is 16.1 Å². The summed E-state index contributed by atoms with van der Waals surface area (Å²) >= 11 is 5.93. The fourth-order valence-corrected chi connectivity index (χ4v) is 3.20. The molecule has 3 rings (SSSR count). The predicted octanol–water partition coefficient (Wildman–Crippen LogP) is 3.88. The maximum absolute atomic E-state index is 12.5. The lowest BCUT2D eigenvalue weighted by Gasteiger charge is -2.17. The fourth-order valence-electron chi connectivity index (χ4n) is 2.97. The second kappa shape index (κ2) is 7.28. The average molecular weight is 357 g/mol. The van der Waals surface area contributed by atoms with Crippen LogP contribution in [0.15, 0.2) is 48.5 Å². The number of amides is 2. The van der Waals surface area contributed by atoms with E-state index >= 15 is 0 Å². The number of benzene rings is 2. The van der Waals surface area contributed by atoms with Gasteiger partial charge in [0.15, 0.2) is 0 Å². The Morgan fingerprint density at radius 1 is 1.16 bits per heavy atom. The van der Waals surface area contributed by atoms with Crippen LogP contribution in [0.2, 0.25) is 5.02 Å². The van der Waals surface area contributed by atoms with E-state index in [1.165, 1.54) is 0 Å². The van der Waals surface area contributed by atoms with Crippen molar-refractivity contribution in [3.63, 3.8) is 0 Å². The molecule has 0 aromatic heterocycles. The summed E-state index contributed by atoms with van der Waals surface area (Å²) < 4.78 is 0. The highest BCUT2D eigenvalue weighted by Crippen LogP contribution is 2.41. The largest absolute Gasteiger partial charge is 0.341 e. The molecule has 0 saturated heterocycles. The monoisotopic (exact) mass is 356 g/mol. The molecule has 0 bridgehead atoms. The highest BCUT2D eigenvalue weighted by atomic mass is 35.5. The average Bonchev–Trinajstić information content (AvgIpc) is 3.38. The number of carbonyl (C=O) groups excluding carboxylic acids is 2. The van der Waals surface area contributed by atoms with Crippen LogP contribution >= 0.6 is 11.6 Å². The van der Waals surface area contributed by atoms with Crippen molar-refractivity contribution in [3.8, 4) is 0 Å². The zero-order chi connectivity index (χ0) is 18.0. The zero-order valence-electron chi connectivity index (χ0n) is 14.3. The van der Waals surface area contributed by atoms with Crippen LogP contribution in [-0.4, -0.2) is 23.8 Å². The molecule has 130 valence electrons. The van der Waals surface area contributed by atoms with Crippen LogP contribution in [0.5, 0.6) is 0 Å². The Hall–Kier alpha value is -2.33. The number of nitrogens with one attached hydrogen (secondary N) is 1. The molecule has 4 nitrogen and oxygen atoms in total. The normalized spacial score (nSPS) is 18.5.